The fraction of sp³-hybridized carbons (Fsp3) is 0.467. The maximum absolute atomic E-state index is 12.6. The Bertz CT molecular complexity index is 616. The van der Waals surface area contributed by atoms with Gasteiger partial charge in [-0.1, -0.05) is 6.07 Å². The molecule has 0 aromatic heterocycles. The van der Waals surface area contributed by atoms with Crippen LogP contribution in [0.1, 0.15) is 18.4 Å². The van der Waals surface area contributed by atoms with Gasteiger partial charge in [0.15, 0.2) is 0 Å². The molecule has 1 heterocycles. The first-order chi connectivity index (χ1) is 10.7. The van der Waals surface area contributed by atoms with Crippen molar-refractivity contribution in [3.8, 4) is 5.75 Å². The molecule has 1 aliphatic rings. The summed E-state index contributed by atoms with van der Waals surface area (Å²) in [5.74, 6) is -2.23. The molecule has 0 saturated carbocycles. The molecule has 126 valence electrons. The number of methoxy groups -OCH3 is 1. The molecule has 1 saturated heterocycles. The van der Waals surface area contributed by atoms with Crippen LogP contribution in [0, 0.1) is 6.92 Å². The third kappa shape index (κ3) is 3.75. The van der Waals surface area contributed by atoms with Crippen LogP contribution in [-0.2, 0) is 9.59 Å². The Labute approximate surface area is 131 Å². The monoisotopic (exact) mass is 330 g/mol. The quantitative estimate of drug-likeness (QED) is 0.926. The number of carbonyl (C=O) groups is 2. The maximum atomic E-state index is 12.6. The van der Waals surface area contributed by atoms with Crippen LogP contribution in [0.3, 0.4) is 0 Å². The Morgan fingerprint density at radius 1 is 1.35 bits per heavy atom. The summed E-state index contributed by atoms with van der Waals surface area (Å²) < 4.78 is 42.9. The third-order valence-electron chi connectivity index (χ3n) is 3.67. The van der Waals surface area contributed by atoms with Crippen LogP contribution in [-0.4, -0.2) is 42.6 Å². The van der Waals surface area contributed by atoms with E-state index in [0.29, 0.717) is 22.8 Å². The molecule has 0 bridgehead atoms. The lowest BCUT2D eigenvalue weighted by atomic mass is 10.1. The predicted molar refractivity (Wildman–Crippen MR) is 77.2 cm³/mol. The van der Waals surface area contributed by atoms with Crippen LogP contribution in [0.25, 0.3) is 0 Å². The van der Waals surface area contributed by atoms with E-state index in [0.717, 1.165) is 5.56 Å². The largest absolute Gasteiger partial charge is 0.495 e. The zero-order valence-corrected chi connectivity index (χ0v) is 12.7. The number of benzene rings is 1. The number of ether oxygens (including phenoxy) is 1. The van der Waals surface area contributed by atoms with Gasteiger partial charge in [-0.15, -0.1) is 0 Å². The SMILES string of the molecule is COc1ccc(C)cc1NC(=O)C1CCCN1C(=O)C(F)(F)F. The van der Waals surface area contributed by atoms with E-state index in [2.05, 4.69) is 5.32 Å². The summed E-state index contributed by atoms with van der Waals surface area (Å²) in [6.45, 7) is 1.73. The minimum Gasteiger partial charge on any atom is -0.495 e. The van der Waals surface area contributed by atoms with Crippen LogP contribution >= 0.6 is 0 Å². The number of halogens is 3. The molecule has 23 heavy (non-hydrogen) atoms. The van der Waals surface area contributed by atoms with Crippen molar-refractivity contribution in [2.75, 3.05) is 19.0 Å². The molecular formula is C15H17F3N2O3. The number of likely N-dealkylation sites (tertiary alicyclic amines) is 1. The highest BCUT2D eigenvalue weighted by Gasteiger charge is 2.47. The number of amides is 2. The molecule has 1 aliphatic heterocycles. The number of alkyl halides is 3. The lowest BCUT2D eigenvalue weighted by Gasteiger charge is -2.25. The van der Waals surface area contributed by atoms with Crippen molar-refractivity contribution >= 4 is 17.5 Å². The first kappa shape index (κ1) is 17.1. The van der Waals surface area contributed by atoms with Gasteiger partial charge < -0.3 is 15.0 Å². The van der Waals surface area contributed by atoms with E-state index in [-0.39, 0.29) is 13.0 Å². The van der Waals surface area contributed by atoms with Gasteiger partial charge in [-0.3, -0.25) is 9.59 Å². The average molecular weight is 330 g/mol. The molecule has 1 aromatic rings. The zero-order chi connectivity index (χ0) is 17.2. The minimum absolute atomic E-state index is 0.0820. The molecule has 5 nitrogen and oxygen atoms in total. The van der Waals surface area contributed by atoms with Crippen molar-refractivity contribution in [1.29, 1.82) is 0 Å². The Balaban J connectivity index is 2.17. The Morgan fingerprint density at radius 2 is 2.04 bits per heavy atom. The fourth-order valence-electron chi connectivity index (χ4n) is 2.58. The predicted octanol–water partition coefficient (Wildman–Crippen LogP) is 2.50. The van der Waals surface area contributed by atoms with Crippen LogP contribution in [0.2, 0.25) is 0 Å². The molecule has 1 aromatic carbocycles. The number of nitrogens with zero attached hydrogens (tertiary/aromatic N) is 1. The summed E-state index contributed by atoms with van der Waals surface area (Å²) in [5, 5.41) is 2.56. The Kier molecular flexibility index (Phi) is 4.82. The van der Waals surface area contributed by atoms with E-state index in [1.165, 1.54) is 7.11 Å². The average Bonchev–Trinajstić information content (AvgIpc) is 2.95. The number of carbonyl (C=O) groups excluding carboxylic acids is 2. The van der Waals surface area contributed by atoms with Gasteiger partial charge in [0, 0.05) is 6.54 Å². The van der Waals surface area contributed by atoms with Crippen LogP contribution in [0.4, 0.5) is 18.9 Å². The summed E-state index contributed by atoms with van der Waals surface area (Å²) in [6.07, 6.45) is -4.43. The number of anilines is 1. The zero-order valence-electron chi connectivity index (χ0n) is 12.7. The molecule has 0 spiro atoms. The molecule has 2 amide bonds. The van der Waals surface area contributed by atoms with Crippen molar-refractivity contribution in [3.05, 3.63) is 23.8 Å². The van der Waals surface area contributed by atoms with E-state index in [1.54, 1.807) is 18.2 Å². The summed E-state index contributed by atoms with van der Waals surface area (Å²) in [5.41, 5.74) is 1.22. The number of hydrogen-bond donors (Lipinski definition) is 1. The van der Waals surface area contributed by atoms with Gasteiger partial charge in [0.25, 0.3) is 0 Å². The second kappa shape index (κ2) is 6.47. The van der Waals surface area contributed by atoms with Crippen molar-refractivity contribution in [2.45, 2.75) is 32.0 Å². The Morgan fingerprint density at radius 3 is 2.65 bits per heavy atom. The van der Waals surface area contributed by atoms with Crippen molar-refractivity contribution in [1.82, 2.24) is 4.90 Å². The van der Waals surface area contributed by atoms with Gasteiger partial charge in [0.1, 0.15) is 11.8 Å². The molecule has 8 heteroatoms. The van der Waals surface area contributed by atoms with Crippen LogP contribution in [0.15, 0.2) is 18.2 Å². The van der Waals surface area contributed by atoms with Crippen molar-refractivity contribution in [2.24, 2.45) is 0 Å². The molecule has 1 unspecified atom stereocenters. The summed E-state index contributed by atoms with van der Waals surface area (Å²) in [7, 11) is 1.43. The van der Waals surface area contributed by atoms with E-state index >= 15 is 0 Å². The van der Waals surface area contributed by atoms with E-state index in [1.807, 2.05) is 6.92 Å². The van der Waals surface area contributed by atoms with Crippen molar-refractivity contribution in [3.63, 3.8) is 0 Å². The van der Waals surface area contributed by atoms with E-state index < -0.39 is 24.0 Å². The first-order valence-electron chi connectivity index (χ1n) is 7.07. The van der Waals surface area contributed by atoms with Crippen LogP contribution < -0.4 is 10.1 Å². The minimum atomic E-state index is -4.98. The number of hydrogen-bond acceptors (Lipinski definition) is 3. The third-order valence-corrected chi connectivity index (χ3v) is 3.67. The van der Waals surface area contributed by atoms with Crippen LogP contribution in [0.5, 0.6) is 5.75 Å². The molecule has 1 atom stereocenters. The molecule has 0 aliphatic carbocycles. The van der Waals surface area contributed by atoms with Gasteiger partial charge in [-0.25, -0.2) is 0 Å². The van der Waals surface area contributed by atoms with Gasteiger partial charge in [0.05, 0.1) is 12.8 Å². The van der Waals surface area contributed by atoms with Gasteiger partial charge in [-0.2, -0.15) is 13.2 Å². The van der Waals surface area contributed by atoms with Gasteiger partial charge in [-0.05, 0) is 37.5 Å². The summed E-state index contributed by atoms with van der Waals surface area (Å²) in [6, 6.07) is 3.96. The second-order valence-electron chi connectivity index (χ2n) is 5.35. The summed E-state index contributed by atoms with van der Waals surface area (Å²) in [4.78, 5) is 24.3. The number of nitrogens with one attached hydrogen (secondary N) is 1. The normalized spacial score (nSPS) is 18.0. The number of rotatable bonds is 3. The maximum Gasteiger partial charge on any atom is 0.471 e. The Hall–Kier alpha value is -2.25. The molecule has 1 fully saturated rings. The lowest BCUT2D eigenvalue weighted by Crippen LogP contribution is -2.48. The lowest BCUT2D eigenvalue weighted by molar-refractivity contribution is -0.186. The smallest absolute Gasteiger partial charge is 0.471 e. The molecular weight excluding hydrogens is 313 g/mol. The second-order valence-corrected chi connectivity index (χ2v) is 5.35. The fourth-order valence-corrected chi connectivity index (χ4v) is 2.58. The topological polar surface area (TPSA) is 58.6 Å². The highest BCUT2D eigenvalue weighted by Crippen LogP contribution is 2.29. The highest BCUT2D eigenvalue weighted by molar-refractivity contribution is 5.99. The summed E-state index contributed by atoms with van der Waals surface area (Å²) >= 11 is 0. The molecule has 1 N–H and O–H groups in total. The molecule has 2 rings (SSSR count). The molecule has 0 radical (unpaired) electrons. The standard InChI is InChI=1S/C15H17F3N2O3/c1-9-5-6-12(23-2)10(8-9)19-13(21)11-4-3-7-20(11)14(22)15(16,17)18/h5-6,8,11H,3-4,7H2,1-2H3,(H,19,21). The number of aryl methyl sites for hydroxylation is 1. The van der Waals surface area contributed by atoms with E-state index in [4.69, 9.17) is 4.74 Å². The first-order valence-corrected chi connectivity index (χ1v) is 7.07. The van der Waals surface area contributed by atoms with Gasteiger partial charge in [0.2, 0.25) is 5.91 Å². The van der Waals surface area contributed by atoms with Crippen molar-refractivity contribution < 1.29 is 27.5 Å². The van der Waals surface area contributed by atoms with Gasteiger partial charge >= 0.3 is 12.1 Å². The highest BCUT2D eigenvalue weighted by atomic mass is 19.4. The van der Waals surface area contributed by atoms with E-state index in [9.17, 15) is 22.8 Å².